The molecule has 1 aromatic heterocycles. The number of hydrogen-bond donors (Lipinski definition) is 0. The number of anilines is 2. The number of amides is 1. The van der Waals surface area contributed by atoms with Crippen molar-refractivity contribution in [2.75, 3.05) is 4.90 Å². The largest absolute Gasteiger partial charge is 0.456 e. The predicted octanol–water partition coefficient (Wildman–Crippen LogP) is 5.56. The Bertz CT molecular complexity index is 1030. The Morgan fingerprint density at radius 2 is 1.93 bits per heavy atom. The number of aromatic nitrogens is 1. The molecular weight excluding hydrogens is 440 g/mol. The average molecular weight is 459 g/mol. The van der Waals surface area contributed by atoms with E-state index >= 15 is 0 Å². The number of carbonyl (C=O) groups is 2. The first-order chi connectivity index (χ1) is 13.4. The van der Waals surface area contributed by atoms with Crippen LogP contribution in [0.2, 0.25) is 0 Å². The minimum atomic E-state index is -0.431. The Kier molecular flexibility index (Phi) is 6.26. The molecule has 0 aliphatic heterocycles. The van der Waals surface area contributed by atoms with E-state index in [1.54, 1.807) is 28.5 Å². The smallest absolute Gasteiger partial charge is 0.339 e. The molecule has 0 radical (unpaired) electrons. The molecule has 0 saturated carbocycles. The van der Waals surface area contributed by atoms with Crippen LogP contribution in [0.1, 0.15) is 34.1 Å². The highest BCUT2D eigenvalue weighted by molar-refractivity contribution is 9.10. The summed E-state index contributed by atoms with van der Waals surface area (Å²) in [6.07, 6.45) is 0. The van der Waals surface area contributed by atoms with Gasteiger partial charge in [0.1, 0.15) is 6.61 Å². The first-order valence-electron chi connectivity index (χ1n) is 8.61. The molecule has 1 heterocycles. The van der Waals surface area contributed by atoms with Crippen LogP contribution < -0.4 is 4.90 Å². The van der Waals surface area contributed by atoms with E-state index in [0.717, 1.165) is 16.8 Å². The molecule has 3 aromatic rings. The second-order valence-corrected chi connectivity index (χ2v) is 8.01. The van der Waals surface area contributed by atoms with Crippen LogP contribution in [-0.2, 0) is 16.1 Å². The maximum absolute atomic E-state index is 12.3. The van der Waals surface area contributed by atoms with Gasteiger partial charge in [-0.2, -0.15) is 0 Å². The fourth-order valence-corrected chi connectivity index (χ4v) is 4.08. The van der Waals surface area contributed by atoms with E-state index in [2.05, 4.69) is 20.9 Å². The summed E-state index contributed by atoms with van der Waals surface area (Å²) in [6.45, 7) is 5.52. The van der Waals surface area contributed by atoms with E-state index < -0.39 is 5.97 Å². The summed E-state index contributed by atoms with van der Waals surface area (Å²) in [4.78, 5) is 30.6. The number of nitrogens with zero attached hydrogens (tertiary/aromatic N) is 2. The highest BCUT2D eigenvalue weighted by Crippen LogP contribution is 2.32. The van der Waals surface area contributed by atoms with Crippen LogP contribution in [0.25, 0.3) is 0 Å². The summed E-state index contributed by atoms with van der Waals surface area (Å²) in [5.74, 6) is -0.558. The van der Waals surface area contributed by atoms with Gasteiger partial charge in [0.25, 0.3) is 0 Å². The summed E-state index contributed by atoms with van der Waals surface area (Å²) in [6, 6.07) is 13.0. The number of rotatable bonds is 5. The number of hydrogen-bond acceptors (Lipinski definition) is 5. The predicted molar refractivity (Wildman–Crippen MR) is 114 cm³/mol. The molecule has 0 atom stereocenters. The van der Waals surface area contributed by atoms with Crippen LogP contribution in [-0.4, -0.2) is 16.9 Å². The number of halogens is 1. The number of esters is 1. The lowest BCUT2D eigenvalue weighted by atomic mass is 10.1. The van der Waals surface area contributed by atoms with Crippen molar-refractivity contribution in [2.45, 2.75) is 27.4 Å². The lowest BCUT2D eigenvalue weighted by Gasteiger charge is -2.20. The monoisotopic (exact) mass is 458 g/mol. The number of ether oxygens (including phenoxy) is 1. The molecule has 7 heteroatoms. The third-order valence-electron chi connectivity index (χ3n) is 4.08. The first kappa shape index (κ1) is 20.2. The van der Waals surface area contributed by atoms with Gasteiger partial charge in [-0.25, -0.2) is 9.78 Å². The van der Waals surface area contributed by atoms with E-state index in [1.165, 1.54) is 18.3 Å². The zero-order valence-electron chi connectivity index (χ0n) is 15.7. The van der Waals surface area contributed by atoms with Crippen LogP contribution >= 0.6 is 27.3 Å². The molecule has 0 aliphatic carbocycles. The molecule has 2 aromatic carbocycles. The van der Waals surface area contributed by atoms with Crippen molar-refractivity contribution >= 4 is 50.0 Å². The second kappa shape index (κ2) is 8.67. The van der Waals surface area contributed by atoms with Crippen LogP contribution in [0.3, 0.4) is 0 Å². The molecular formula is C21H19BrN2O3S. The molecule has 3 rings (SSSR count). The molecule has 1 amide bonds. The molecule has 0 saturated heterocycles. The fraction of sp³-hybridized carbons (Fsp3) is 0.190. The quantitative estimate of drug-likeness (QED) is 0.469. The maximum Gasteiger partial charge on any atom is 0.339 e. The van der Waals surface area contributed by atoms with Gasteiger partial charge in [-0.05, 0) is 53.5 Å². The van der Waals surface area contributed by atoms with Gasteiger partial charge in [-0.3, -0.25) is 9.69 Å². The van der Waals surface area contributed by atoms with E-state index in [0.29, 0.717) is 20.9 Å². The molecule has 0 fully saturated rings. The SMILES string of the molecule is CC(=O)N(c1nc(COC(=O)c2ccccc2Br)cs1)c1ccc(C)cc1C. The van der Waals surface area contributed by atoms with E-state index in [-0.39, 0.29) is 12.5 Å². The average Bonchev–Trinajstić information content (AvgIpc) is 3.10. The van der Waals surface area contributed by atoms with Crippen molar-refractivity contribution in [1.82, 2.24) is 4.98 Å². The Labute approximate surface area is 176 Å². The Hall–Kier alpha value is -2.51. The van der Waals surface area contributed by atoms with Gasteiger partial charge in [-0.1, -0.05) is 29.8 Å². The van der Waals surface area contributed by atoms with Crippen LogP contribution in [0, 0.1) is 13.8 Å². The van der Waals surface area contributed by atoms with Crippen molar-refractivity contribution < 1.29 is 14.3 Å². The highest BCUT2D eigenvalue weighted by Gasteiger charge is 2.20. The van der Waals surface area contributed by atoms with Gasteiger partial charge < -0.3 is 4.74 Å². The zero-order chi connectivity index (χ0) is 20.3. The van der Waals surface area contributed by atoms with E-state index in [9.17, 15) is 9.59 Å². The summed E-state index contributed by atoms with van der Waals surface area (Å²) < 4.78 is 6.04. The van der Waals surface area contributed by atoms with Crippen molar-refractivity contribution in [2.24, 2.45) is 0 Å². The highest BCUT2D eigenvalue weighted by atomic mass is 79.9. The topological polar surface area (TPSA) is 59.5 Å². The van der Waals surface area contributed by atoms with Crippen molar-refractivity contribution in [1.29, 1.82) is 0 Å². The standard InChI is InChI=1S/C21H19BrN2O3S/c1-13-8-9-19(14(2)10-13)24(15(3)25)21-23-16(12-28-21)11-27-20(26)17-6-4-5-7-18(17)22/h4-10,12H,11H2,1-3H3. The molecule has 0 bridgehead atoms. The van der Waals surface area contributed by atoms with Crippen LogP contribution in [0.15, 0.2) is 52.3 Å². The Morgan fingerprint density at radius 1 is 1.18 bits per heavy atom. The third-order valence-corrected chi connectivity index (χ3v) is 5.65. The van der Waals surface area contributed by atoms with Crippen molar-refractivity contribution in [3.63, 3.8) is 0 Å². The normalized spacial score (nSPS) is 10.6. The molecule has 28 heavy (non-hydrogen) atoms. The van der Waals surface area contributed by atoms with Crippen LogP contribution in [0.5, 0.6) is 0 Å². The molecule has 5 nitrogen and oxygen atoms in total. The number of aryl methyl sites for hydroxylation is 2. The molecule has 0 N–H and O–H groups in total. The lowest BCUT2D eigenvalue weighted by molar-refractivity contribution is -0.115. The number of benzene rings is 2. The first-order valence-corrected chi connectivity index (χ1v) is 10.3. The minimum Gasteiger partial charge on any atom is -0.456 e. The van der Waals surface area contributed by atoms with Crippen LogP contribution in [0.4, 0.5) is 10.8 Å². The van der Waals surface area contributed by atoms with Gasteiger partial charge in [0.15, 0.2) is 5.13 Å². The van der Waals surface area contributed by atoms with Crippen molar-refractivity contribution in [3.05, 3.63) is 74.7 Å². The second-order valence-electron chi connectivity index (χ2n) is 6.32. The van der Waals surface area contributed by atoms with E-state index in [1.807, 2.05) is 38.1 Å². The Balaban J connectivity index is 1.77. The van der Waals surface area contributed by atoms with Gasteiger partial charge in [0.05, 0.1) is 16.9 Å². The van der Waals surface area contributed by atoms with Gasteiger partial charge >= 0.3 is 5.97 Å². The summed E-state index contributed by atoms with van der Waals surface area (Å²) >= 11 is 4.68. The molecule has 0 aliphatic rings. The summed E-state index contributed by atoms with van der Waals surface area (Å²) in [5, 5.41) is 2.34. The number of thiazole rings is 1. The molecule has 0 spiro atoms. The van der Waals surface area contributed by atoms with Gasteiger partial charge in [0, 0.05) is 16.8 Å². The Morgan fingerprint density at radius 3 is 2.61 bits per heavy atom. The molecule has 0 unspecified atom stereocenters. The van der Waals surface area contributed by atoms with Gasteiger partial charge in [0.2, 0.25) is 5.91 Å². The number of carbonyl (C=O) groups excluding carboxylic acids is 2. The summed E-state index contributed by atoms with van der Waals surface area (Å²) in [7, 11) is 0. The maximum atomic E-state index is 12.3. The van der Waals surface area contributed by atoms with Crippen molar-refractivity contribution in [3.8, 4) is 0 Å². The molecule has 144 valence electrons. The van der Waals surface area contributed by atoms with E-state index in [4.69, 9.17) is 4.74 Å². The zero-order valence-corrected chi connectivity index (χ0v) is 18.1. The van der Waals surface area contributed by atoms with Gasteiger partial charge in [-0.15, -0.1) is 11.3 Å². The summed E-state index contributed by atoms with van der Waals surface area (Å²) in [5.41, 5.74) is 3.97. The third kappa shape index (κ3) is 4.48. The minimum absolute atomic E-state index is 0.0370. The fourth-order valence-electron chi connectivity index (χ4n) is 2.77. The lowest BCUT2D eigenvalue weighted by Crippen LogP contribution is -2.23.